The predicted molar refractivity (Wildman–Crippen MR) is 71.8 cm³/mol. The van der Waals surface area contributed by atoms with Crippen molar-refractivity contribution in [1.82, 2.24) is 15.0 Å². The van der Waals surface area contributed by atoms with Gasteiger partial charge < -0.3 is 5.11 Å². The number of aryl methyl sites for hydroxylation is 1. The Morgan fingerprint density at radius 3 is 2.75 bits per heavy atom. The number of hydrogen-bond donors (Lipinski definition) is 1. The number of hydrogen-bond acceptors (Lipinski definition) is 5. The Labute approximate surface area is 112 Å². The van der Waals surface area contributed by atoms with Gasteiger partial charge >= 0.3 is 0 Å². The van der Waals surface area contributed by atoms with Gasteiger partial charge in [-0.25, -0.2) is 4.68 Å². The maximum Gasteiger partial charge on any atom is 0.154 e. The topological polar surface area (TPSA) is 50.9 Å². The van der Waals surface area contributed by atoms with E-state index in [1.165, 1.54) is 5.75 Å². The van der Waals surface area contributed by atoms with E-state index < -0.39 is 6.10 Å². The van der Waals surface area contributed by atoms with E-state index in [9.17, 15) is 5.11 Å². The molecule has 1 N–H and O–H groups in total. The molecule has 7 heteroatoms. The highest BCUT2D eigenvalue weighted by molar-refractivity contribution is 9.10. The van der Waals surface area contributed by atoms with Gasteiger partial charge in [-0.1, -0.05) is 12.1 Å². The van der Waals surface area contributed by atoms with Crippen LogP contribution in [0.5, 0.6) is 0 Å². The quantitative estimate of drug-likeness (QED) is 0.900. The predicted octanol–water partition coefficient (Wildman–Crippen LogP) is 1.85. The minimum absolute atomic E-state index is 0.215. The molecular formula is C9H14BrN3OS2. The number of aliphatic hydroxyl groups excluding tert-OH is 1. The van der Waals surface area contributed by atoms with Crippen molar-refractivity contribution in [2.24, 2.45) is 7.05 Å². The largest absolute Gasteiger partial charge is 0.385 e. The second-order valence-corrected chi connectivity index (χ2v) is 7.27. The second kappa shape index (κ2) is 5.29. The molecule has 2 rings (SSSR count). The summed E-state index contributed by atoms with van der Waals surface area (Å²) in [6.07, 6.45) is -0.512. The van der Waals surface area contributed by atoms with Gasteiger partial charge in [0.1, 0.15) is 11.8 Å². The molecule has 4 nitrogen and oxygen atoms in total. The van der Waals surface area contributed by atoms with Gasteiger partial charge in [0.05, 0.1) is 0 Å². The monoisotopic (exact) mass is 323 g/mol. The van der Waals surface area contributed by atoms with E-state index in [1.54, 1.807) is 4.68 Å². The van der Waals surface area contributed by atoms with Crippen molar-refractivity contribution in [3.05, 3.63) is 10.3 Å². The number of thioether (sulfide) groups is 2. The van der Waals surface area contributed by atoms with Gasteiger partial charge in [0.15, 0.2) is 4.60 Å². The molecule has 90 valence electrons. The van der Waals surface area contributed by atoms with Gasteiger partial charge in [-0.15, -0.1) is 5.10 Å². The van der Waals surface area contributed by atoms with Crippen LogP contribution in [0.2, 0.25) is 0 Å². The molecule has 1 aliphatic rings. The number of nitrogens with zero attached hydrogens (tertiary/aromatic N) is 3. The number of aromatic nitrogens is 3. The van der Waals surface area contributed by atoms with Crippen molar-refractivity contribution in [3.63, 3.8) is 0 Å². The van der Waals surface area contributed by atoms with Crippen LogP contribution in [0.1, 0.15) is 18.7 Å². The summed E-state index contributed by atoms with van der Waals surface area (Å²) in [4.78, 5) is 0. The molecule has 0 amide bonds. The molecule has 3 atom stereocenters. The van der Waals surface area contributed by atoms with Crippen LogP contribution in [0.15, 0.2) is 4.60 Å². The van der Waals surface area contributed by atoms with Crippen molar-refractivity contribution in [2.45, 2.75) is 23.5 Å². The third kappa shape index (κ3) is 2.42. The minimum Gasteiger partial charge on any atom is -0.385 e. The van der Waals surface area contributed by atoms with E-state index in [2.05, 4.69) is 33.2 Å². The van der Waals surface area contributed by atoms with Gasteiger partial charge in [-0.3, -0.25) is 0 Å². The van der Waals surface area contributed by atoms with E-state index in [1.807, 2.05) is 30.6 Å². The summed E-state index contributed by atoms with van der Waals surface area (Å²) in [7, 11) is 1.81. The average Bonchev–Trinajstić information content (AvgIpc) is 2.58. The molecule has 3 unspecified atom stereocenters. The molecule has 0 bridgehead atoms. The van der Waals surface area contributed by atoms with Crippen LogP contribution in [-0.2, 0) is 7.05 Å². The van der Waals surface area contributed by atoms with Gasteiger partial charge in [0.25, 0.3) is 0 Å². The van der Waals surface area contributed by atoms with Gasteiger partial charge in [-0.05, 0) is 15.9 Å². The van der Waals surface area contributed by atoms with Crippen LogP contribution >= 0.6 is 39.5 Å². The Morgan fingerprint density at radius 1 is 1.50 bits per heavy atom. The molecule has 0 aliphatic carbocycles. The number of rotatable bonds is 2. The third-order valence-corrected chi connectivity index (χ3v) is 6.40. The Morgan fingerprint density at radius 2 is 2.19 bits per heavy atom. The van der Waals surface area contributed by atoms with Gasteiger partial charge in [0.2, 0.25) is 0 Å². The zero-order valence-electron chi connectivity index (χ0n) is 9.13. The van der Waals surface area contributed by atoms with Crippen molar-refractivity contribution >= 4 is 39.5 Å². The van der Waals surface area contributed by atoms with Crippen LogP contribution in [0.4, 0.5) is 0 Å². The van der Waals surface area contributed by atoms with E-state index in [0.717, 1.165) is 11.4 Å². The maximum atomic E-state index is 10.4. The van der Waals surface area contributed by atoms with Crippen LogP contribution in [0, 0.1) is 0 Å². The van der Waals surface area contributed by atoms with Crippen LogP contribution in [0.25, 0.3) is 0 Å². The lowest BCUT2D eigenvalue weighted by molar-refractivity contribution is 0.163. The standard InChI is InChI=1S/C9H14BrN3OS2/c1-5-8(16-4-3-15-5)7(14)6-9(10)11-12-13(6)2/h5,7-8,14H,3-4H2,1-2H3. The first-order chi connectivity index (χ1) is 7.61. The number of halogens is 1. The lowest BCUT2D eigenvalue weighted by Crippen LogP contribution is -2.30. The summed E-state index contributed by atoms with van der Waals surface area (Å²) in [6, 6.07) is 0. The maximum absolute atomic E-state index is 10.4. The molecule has 1 aromatic heterocycles. The first kappa shape index (κ1) is 12.7. The first-order valence-electron chi connectivity index (χ1n) is 5.07. The molecule has 1 fully saturated rings. The molecule has 2 heterocycles. The molecule has 1 aromatic rings. The third-order valence-electron chi connectivity index (χ3n) is 2.66. The Hall–Kier alpha value is 0.280. The Balaban J connectivity index is 2.20. The molecule has 1 aliphatic heterocycles. The molecule has 0 radical (unpaired) electrons. The zero-order chi connectivity index (χ0) is 11.7. The average molecular weight is 324 g/mol. The van der Waals surface area contributed by atoms with Crippen molar-refractivity contribution < 1.29 is 5.11 Å². The Bertz CT molecular complexity index is 354. The van der Waals surface area contributed by atoms with E-state index in [-0.39, 0.29) is 5.25 Å². The van der Waals surface area contributed by atoms with Gasteiger partial charge in [0, 0.05) is 29.1 Å². The molecule has 0 aromatic carbocycles. The molecule has 0 saturated carbocycles. The minimum atomic E-state index is -0.512. The van der Waals surface area contributed by atoms with Crippen LogP contribution in [-0.4, -0.2) is 42.1 Å². The summed E-state index contributed by atoms with van der Waals surface area (Å²) in [5.41, 5.74) is 0.770. The van der Waals surface area contributed by atoms with Gasteiger partial charge in [-0.2, -0.15) is 23.5 Å². The van der Waals surface area contributed by atoms with Crippen molar-refractivity contribution in [3.8, 4) is 0 Å². The summed E-state index contributed by atoms with van der Waals surface area (Å²) >= 11 is 7.09. The van der Waals surface area contributed by atoms with E-state index in [4.69, 9.17) is 0 Å². The van der Waals surface area contributed by atoms with Crippen molar-refractivity contribution in [1.29, 1.82) is 0 Å². The molecule has 0 spiro atoms. The fourth-order valence-corrected chi connectivity index (χ4v) is 5.17. The fourth-order valence-electron chi connectivity index (χ4n) is 1.80. The highest BCUT2D eigenvalue weighted by atomic mass is 79.9. The van der Waals surface area contributed by atoms with E-state index in [0.29, 0.717) is 9.85 Å². The summed E-state index contributed by atoms with van der Waals surface area (Å²) in [5, 5.41) is 18.9. The summed E-state index contributed by atoms with van der Waals surface area (Å²) in [6.45, 7) is 2.17. The first-order valence-corrected chi connectivity index (χ1v) is 7.96. The fraction of sp³-hybridized carbons (Fsp3) is 0.778. The molecule has 16 heavy (non-hydrogen) atoms. The Kier molecular flexibility index (Phi) is 4.21. The van der Waals surface area contributed by atoms with Crippen LogP contribution in [0.3, 0.4) is 0 Å². The normalized spacial score (nSPS) is 28.0. The lowest BCUT2D eigenvalue weighted by atomic mass is 10.1. The highest BCUT2D eigenvalue weighted by Gasteiger charge is 2.33. The highest BCUT2D eigenvalue weighted by Crippen LogP contribution is 2.39. The SMILES string of the molecule is CC1SCCSC1C(O)c1c(Br)nnn1C. The second-order valence-electron chi connectivity index (χ2n) is 3.75. The molecule has 1 saturated heterocycles. The summed E-state index contributed by atoms with van der Waals surface area (Å²) in [5.74, 6) is 2.26. The van der Waals surface area contributed by atoms with E-state index >= 15 is 0 Å². The summed E-state index contributed by atoms with van der Waals surface area (Å²) < 4.78 is 2.28. The molecular weight excluding hydrogens is 310 g/mol. The van der Waals surface area contributed by atoms with Crippen LogP contribution < -0.4 is 0 Å². The smallest absolute Gasteiger partial charge is 0.154 e. The van der Waals surface area contributed by atoms with Crippen molar-refractivity contribution in [2.75, 3.05) is 11.5 Å². The number of aliphatic hydroxyl groups is 1. The lowest BCUT2D eigenvalue weighted by Gasteiger charge is -2.31. The zero-order valence-corrected chi connectivity index (χ0v) is 12.3.